The van der Waals surface area contributed by atoms with Crippen LogP contribution in [0, 0.1) is 56.7 Å². The number of aliphatic hydroxyl groups is 1. The highest BCUT2D eigenvalue weighted by Gasteiger charge is 2.71. The summed E-state index contributed by atoms with van der Waals surface area (Å²) >= 11 is 0. The lowest BCUT2D eigenvalue weighted by molar-refractivity contribution is -0.246. The van der Waals surface area contributed by atoms with Crippen molar-refractivity contribution in [3.63, 3.8) is 0 Å². The number of carbonyl (C=O) groups is 1. The van der Waals surface area contributed by atoms with Gasteiger partial charge >= 0.3 is 0 Å². The van der Waals surface area contributed by atoms with E-state index in [1.807, 2.05) is 0 Å². The fourth-order valence-electron chi connectivity index (χ4n) is 12.2. The van der Waals surface area contributed by atoms with Gasteiger partial charge in [0.05, 0.1) is 11.5 Å². The van der Waals surface area contributed by atoms with Crippen LogP contribution in [0.5, 0.6) is 0 Å². The zero-order chi connectivity index (χ0) is 28.4. The Morgan fingerprint density at radius 2 is 1.62 bits per heavy atom. The summed E-state index contributed by atoms with van der Waals surface area (Å²) in [4.78, 5) is 14.1. The summed E-state index contributed by atoms with van der Waals surface area (Å²) in [6.45, 7) is 22.1. The third-order valence-corrected chi connectivity index (χ3v) is 14.4. The summed E-state index contributed by atoms with van der Waals surface area (Å²) in [7, 11) is 0. The van der Waals surface area contributed by atoms with Gasteiger partial charge < -0.3 is 21.5 Å². The van der Waals surface area contributed by atoms with E-state index in [0.717, 1.165) is 51.6 Å². The first kappa shape index (κ1) is 29.6. The first-order valence-corrected chi connectivity index (χ1v) is 16.3. The molecule has 0 aromatic heterocycles. The van der Waals surface area contributed by atoms with Crippen molar-refractivity contribution in [2.75, 3.05) is 26.2 Å². The van der Waals surface area contributed by atoms with Crippen LogP contribution in [0.1, 0.15) is 106 Å². The second-order valence-electron chi connectivity index (χ2n) is 16.0. The number of nitrogens with one attached hydrogen (secondary N) is 2. The molecule has 5 N–H and O–H groups in total. The van der Waals surface area contributed by atoms with Crippen LogP contribution in [0.3, 0.4) is 0 Å². The van der Waals surface area contributed by atoms with E-state index in [1.54, 1.807) is 0 Å². The summed E-state index contributed by atoms with van der Waals surface area (Å²) in [5.41, 5.74) is 7.45. The molecule has 5 nitrogen and oxygen atoms in total. The van der Waals surface area contributed by atoms with Gasteiger partial charge in [-0.25, -0.2) is 0 Å². The molecule has 5 aliphatic carbocycles. The third-order valence-electron chi connectivity index (χ3n) is 14.4. The van der Waals surface area contributed by atoms with Crippen LogP contribution in [0.4, 0.5) is 0 Å². The topological polar surface area (TPSA) is 87.4 Å². The minimum absolute atomic E-state index is 0.0125. The van der Waals surface area contributed by atoms with Crippen LogP contribution in [0.2, 0.25) is 0 Å². The molecule has 5 saturated carbocycles. The molecule has 10 atom stereocenters. The third kappa shape index (κ3) is 4.14. The van der Waals surface area contributed by atoms with Crippen LogP contribution < -0.4 is 16.4 Å². The lowest BCUT2D eigenvalue weighted by Gasteiger charge is -2.72. The van der Waals surface area contributed by atoms with Gasteiger partial charge in [0.25, 0.3) is 0 Å². The SMILES string of the molecule is C=C(C)[C@@H]1CC[C@]2(C(=O)NCCNCCN)CC[C@]3(C)[C@H](CC[C@@H]4[C@@]5(C)CC[C@H](O)C(C)(C)[C@@H]5CC[C@]43C)[C@@H]12. The normalized spacial score (nSPS) is 48.3. The number of amides is 1. The largest absolute Gasteiger partial charge is 0.393 e. The number of hydrogen-bond donors (Lipinski definition) is 4. The molecular formula is C34H59N3O2. The molecule has 1 amide bonds. The second kappa shape index (κ2) is 10.1. The first-order chi connectivity index (χ1) is 18.3. The van der Waals surface area contributed by atoms with Crippen LogP contribution in [0.25, 0.3) is 0 Å². The summed E-state index contributed by atoms with van der Waals surface area (Å²) < 4.78 is 0. The fourth-order valence-corrected chi connectivity index (χ4v) is 12.2. The number of hydrogen-bond acceptors (Lipinski definition) is 4. The lowest BCUT2D eigenvalue weighted by Crippen LogP contribution is -2.67. The van der Waals surface area contributed by atoms with Gasteiger partial charge in [-0.2, -0.15) is 0 Å². The highest BCUT2D eigenvalue weighted by atomic mass is 16.3. The van der Waals surface area contributed by atoms with Gasteiger partial charge in [-0.05, 0) is 122 Å². The van der Waals surface area contributed by atoms with Crippen molar-refractivity contribution < 1.29 is 9.90 Å². The molecule has 0 spiro atoms. The van der Waals surface area contributed by atoms with E-state index >= 15 is 0 Å². The fraction of sp³-hybridized carbons (Fsp3) is 0.912. The van der Waals surface area contributed by atoms with E-state index in [-0.39, 0.29) is 33.2 Å². The Balaban J connectivity index is 1.46. The molecule has 0 radical (unpaired) electrons. The predicted molar refractivity (Wildman–Crippen MR) is 160 cm³/mol. The minimum Gasteiger partial charge on any atom is -0.393 e. The Morgan fingerprint density at radius 1 is 0.872 bits per heavy atom. The van der Waals surface area contributed by atoms with Gasteiger partial charge in [0.15, 0.2) is 0 Å². The average molecular weight is 542 g/mol. The molecule has 0 aromatic rings. The molecule has 0 saturated heterocycles. The summed E-state index contributed by atoms with van der Waals surface area (Å²) in [5.74, 6) is 3.00. The van der Waals surface area contributed by atoms with E-state index in [9.17, 15) is 9.90 Å². The molecule has 0 aromatic carbocycles. The van der Waals surface area contributed by atoms with E-state index in [0.29, 0.717) is 48.6 Å². The smallest absolute Gasteiger partial charge is 0.226 e. The van der Waals surface area contributed by atoms with Crippen molar-refractivity contribution in [3.8, 4) is 0 Å². The van der Waals surface area contributed by atoms with E-state index < -0.39 is 0 Å². The molecular weight excluding hydrogens is 482 g/mol. The zero-order valence-corrected chi connectivity index (χ0v) is 26.0. The molecule has 222 valence electrons. The van der Waals surface area contributed by atoms with Crippen molar-refractivity contribution in [2.45, 2.75) is 112 Å². The predicted octanol–water partition coefficient (Wildman–Crippen LogP) is 5.67. The van der Waals surface area contributed by atoms with Gasteiger partial charge in [-0.15, -0.1) is 0 Å². The van der Waals surface area contributed by atoms with Gasteiger partial charge in [0.2, 0.25) is 5.91 Å². The lowest BCUT2D eigenvalue weighted by atomic mass is 9.32. The molecule has 0 bridgehead atoms. The minimum atomic E-state index is -0.247. The number of fused-ring (bicyclic) bond motifs is 7. The maximum absolute atomic E-state index is 14.1. The molecule has 5 aliphatic rings. The standard InChI is InChI=1S/C34H59N3O2/c1-22(2)23-10-15-34(29(39)37-21-20-36-19-18-35)17-16-32(6)24(28(23)34)8-9-26-31(5)13-12-27(38)30(3,4)25(31)11-14-33(26,32)7/h23-28,36,38H,1,8-21,35H2,2-7H3,(H,37,39)/t23-,24+,25-,26+,27-,28+,31-,32+,33+,34-/m0/s1. The quantitative estimate of drug-likeness (QED) is 0.247. The van der Waals surface area contributed by atoms with E-state index in [4.69, 9.17) is 5.73 Å². The van der Waals surface area contributed by atoms with Crippen molar-refractivity contribution in [1.29, 1.82) is 0 Å². The van der Waals surface area contributed by atoms with Crippen LogP contribution >= 0.6 is 0 Å². The van der Waals surface area contributed by atoms with Gasteiger partial charge in [0, 0.05) is 26.2 Å². The number of nitrogens with two attached hydrogens (primary N) is 1. The number of allylic oxidation sites excluding steroid dienone is 1. The van der Waals surface area contributed by atoms with Crippen LogP contribution in [-0.4, -0.2) is 43.3 Å². The van der Waals surface area contributed by atoms with Gasteiger partial charge in [-0.3, -0.25) is 4.79 Å². The summed E-state index contributed by atoms with van der Waals surface area (Å²) in [6.07, 6.45) is 11.2. The molecule has 39 heavy (non-hydrogen) atoms. The second-order valence-corrected chi connectivity index (χ2v) is 16.0. The number of aliphatic hydroxyl groups excluding tert-OH is 1. The van der Waals surface area contributed by atoms with Crippen LogP contribution in [0.15, 0.2) is 12.2 Å². The van der Waals surface area contributed by atoms with Gasteiger partial charge in [-0.1, -0.05) is 46.8 Å². The highest BCUT2D eigenvalue weighted by Crippen LogP contribution is 2.77. The molecule has 5 fully saturated rings. The van der Waals surface area contributed by atoms with Crippen molar-refractivity contribution >= 4 is 5.91 Å². The summed E-state index contributed by atoms with van der Waals surface area (Å²) in [6, 6.07) is 0. The molecule has 5 heteroatoms. The average Bonchev–Trinajstić information content (AvgIpc) is 3.28. The van der Waals surface area contributed by atoms with E-state index in [1.165, 1.54) is 31.3 Å². The highest BCUT2D eigenvalue weighted by molar-refractivity contribution is 5.84. The zero-order valence-electron chi connectivity index (χ0n) is 26.0. The number of carbonyl (C=O) groups excluding carboxylic acids is 1. The first-order valence-electron chi connectivity index (χ1n) is 16.3. The molecule has 0 aliphatic heterocycles. The monoisotopic (exact) mass is 541 g/mol. The number of rotatable bonds is 7. The maximum Gasteiger partial charge on any atom is 0.226 e. The Bertz CT molecular complexity index is 964. The Morgan fingerprint density at radius 3 is 2.31 bits per heavy atom. The Kier molecular flexibility index (Phi) is 7.68. The van der Waals surface area contributed by atoms with Crippen molar-refractivity contribution in [1.82, 2.24) is 10.6 Å². The maximum atomic E-state index is 14.1. The van der Waals surface area contributed by atoms with Gasteiger partial charge in [0.1, 0.15) is 0 Å². The van der Waals surface area contributed by atoms with Crippen molar-refractivity contribution in [3.05, 3.63) is 12.2 Å². The van der Waals surface area contributed by atoms with Crippen molar-refractivity contribution in [2.24, 2.45) is 62.4 Å². The molecule has 0 unspecified atom stereocenters. The molecule has 5 rings (SSSR count). The summed E-state index contributed by atoms with van der Waals surface area (Å²) in [5, 5.41) is 17.7. The van der Waals surface area contributed by atoms with Crippen LogP contribution in [-0.2, 0) is 4.79 Å². The molecule has 0 heterocycles. The Hall–Kier alpha value is -0.910. The van der Waals surface area contributed by atoms with E-state index in [2.05, 4.69) is 58.8 Å². The Labute approximate surface area is 238 Å².